The fourth-order valence-corrected chi connectivity index (χ4v) is 3.59. The van der Waals surface area contributed by atoms with Gasteiger partial charge in [0, 0.05) is 0 Å². The van der Waals surface area contributed by atoms with Crippen molar-refractivity contribution in [3.63, 3.8) is 0 Å². The van der Waals surface area contributed by atoms with Crippen molar-refractivity contribution in [1.82, 2.24) is 0 Å². The van der Waals surface area contributed by atoms with Gasteiger partial charge in [-0.15, -0.1) is 0 Å². The third kappa shape index (κ3) is 4.53. The number of rotatable bonds is 7. The molecule has 0 saturated carbocycles. The second-order valence-corrected chi connectivity index (χ2v) is 7.99. The van der Waals surface area contributed by atoms with Crippen LogP contribution in [0.25, 0.3) is 0 Å². The van der Waals surface area contributed by atoms with Gasteiger partial charge in [-0.2, -0.15) is 0 Å². The molecule has 0 N–H and O–H groups in total. The number of ether oxygens (including phenoxy) is 3. The van der Waals surface area contributed by atoms with Crippen LogP contribution < -0.4 is 14.2 Å². The molecule has 3 nitrogen and oxygen atoms in total. The Kier molecular flexibility index (Phi) is 5.43. The van der Waals surface area contributed by atoms with E-state index in [4.69, 9.17) is 14.2 Å². The van der Waals surface area contributed by atoms with E-state index in [2.05, 4.69) is 26.0 Å². The molecule has 150 valence electrons. The summed E-state index contributed by atoms with van der Waals surface area (Å²) in [7, 11) is 0. The van der Waals surface area contributed by atoms with Crippen LogP contribution in [0.2, 0.25) is 0 Å². The molecule has 0 bridgehead atoms. The van der Waals surface area contributed by atoms with E-state index in [-0.39, 0.29) is 23.8 Å². The average Bonchev–Trinajstić information content (AvgIpc) is 3.19. The van der Waals surface area contributed by atoms with Crippen LogP contribution in [-0.4, -0.2) is 6.79 Å². The predicted octanol–water partition coefficient (Wildman–Crippen LogP) is 6.65. The maximum absolute atomic E-state index is 14.2. The van der Waals surface area contributed by atoms with E-state index in [1.165, 1.54) is 11.6 Å². The van der Waals surface area contributed by atoms with Crippen molar-refractivity contribution in [2.45, 2.75) is 38.5 Å². The summed E-state index contributed by atoms with van der Waals surface area (Å²) in [5, 5.41) is 0. The van der Waals surface area contributed by atoms with Crippen molar-refractivity contribution in [2.75, 3.05) is 6.79 Å². The summed E-state index contributed by atoms with van der Waals surface area (Å²) in [4.78, 5) is 0. The molecule has 4 heteroatoms. The third-order valence-electron chi connectivity index (χ3n) is 5.39. The average molecular weight is 392 g/mol. The first-order chi connectivity index (χ1) is 14.0. The van der Waals surface area contributed by atoms with Crippen molar-refractivity contribution >= 4 is 0 Å². The second-order valence-electron chi connectivity index (χ2n) is 7.99. The lowest BCUT2D eigenvalue weighted by Crippen LogP contribution is -2.17. The molecule has 4 rings (SSSR count). The summed E-state index contributed by atoms with van der Waals surface area (Å²) < 4.78 is 30.8. The highest BCUT2D eigenvalue weighted by molar-refractivity contribution is 5.46. The summed E-state index contributed by atoms with van der Waals surface area (Å²) in [6, 6.07) is 20.6. The predicted molar refractivity (Wildman–Crippen MR) is 111 cm³/mol. The topological polar surface area (TPSA) is 27.7 Å². The van der Waals surface area contributed by atoms with Crippen LogP contribution in [-0.2, 0) is 11.8 Å². The van der Waals surface area contributed by atoms with Crippen LogP contribution in [0.4, 0.5) is 4.39 Å². The van der Waals surface area contributed by atoms with Gasteiger partial charge in [0.05, 0.1) is 0 Å². The molecular formula is C25H25FO3. The quantitative estimate of drug-likeness (QED) is 0.451. The molecule has 0 spiro atoms. The van der Waals surface area contributed by atoms with E-state index >= 15 is 0 Å². The first-order valence-corrected chi connectivity index (χ1v) is 9.93. The molecule has 1 heterocycles. The number of hydrogen-bond donors (Lipinski definition) is 0. The molecule has 0 fully saturated rings. The van der Waals surface area contributed by atoms with Gasteiger partial charge >= 0.3 is 0 Å². The van der Waals surface area contributed by atoms with Gasteiger partial charge in [-0.3, -0.25) is 0 Å². The Morgan fingerprint density at radius 2 is 1.72 bits per heavy atom. The van der Waals surface area contributed by atoms with Crippen molar-refractivity contribution in [3.05, 3.63) is 83.7 Å². The third-order valence-corrected chi connectivity index (χ3v) is 5.39. The molecule has 0 radical (unpaired) electrons. The first-order valence-electron chi connectivity index (χ1n) is 9.93. The Hall–Kier alpha value is -3.01. The number of benzene rings is 3. The smallest absolute Gasteiger partial charge is 0.231 e. The Bertz CT molecular complexity index is 983. The molecule has 1 aliphatic heterocycles. The van der Waals surface area contributed by atoms with E-state index in [1.807, 2.05) is 42.5 Å². The van der Waals surface area contributed by atoms with Crippen LogP contribution in [0.5, 0.6) is 23.0 Å². The lowest BCUT2D eigenvalue weighted by molar-refractivity contribution is 0.174. The number of aryl methyl sites for hydroxylation is 1. The van der Waals surface area contributed by atoms with Gasteiger partial charge in [-0.25, -0.2) is 4.39 Å². The van der Waals surface area contributed by atoms with E-state index in [0.717, 1.165) is 36.3 Å². The maximum atomic E-state index is 14.2. The van der Waals surface area contributed by atoms with Crippen molar-refractivity contribution < 1.29 is 18.6 Å². The minimum Gasteiger partial charge on any atom is -0.454 e. The number of para-hydroxylation sites is 1. The lowest BCUT2D eigenvalue weighted by atomic mass is 9.79. The molecule has 1 aliphatic rings. The molecule has 0 atom stereocenters. The number of fused-ring (bicyclic) bond motifs is 1. The van der Waals surface area contributed by atoms with E-state index in [1.54, 1.807) is 6.07 Å². The molecule has 29 heavy (non-hydrogen) atoms. The summed E-state index contributed by atoms with van der Waals surface area (Å²) in [5.41, 5.74) is 2.30. The molecular weight excluding hydrogens is 367 g/mol. The molecule has 0 unspecified atom stereocenters. The minimum absolute atomic E-state index is 0.00434. The summed E-state index contributed by atoms with van der Waals surface area (Å²) in [5.74, 6) is 2.17. The normalized spacial score (nSPS) is 12.8. The van der Waals surface area contributed by atoms with Crippen LogP contribution in [0, 0.1) is 5.82 Å². The van der Waals surface area contributed by atoms with E-state index < -0.39 is 0 Å². The Morgan fingerprint density at radius 1 is 0.931 bits per heavy atom. The first kappa shape index (κ1) is 19.3. The van der Waals surface area contributed by atoms with E-state index in [0.29, 0.717) is 5.75 Å². The van der Waals surface area contributed by atoms with Gasteiger partial charge in [0.1, 0.15) is 5.75 Å². The Morgan fingerprint density at radius 3 is 2.55 bits per heavy atom. The van der Waals surface area contributed by atoms with Crippen molar-refractivity contribution in [3.8, 4) is 23.0 Å². The Labute approximate surface area is 171 Å². The van der Waals surface area contributed by atoms with Gasteiger partial charge in [-0.05, 0) is 72.2 Å². The lowest BCUT2D eigenvalue weighted by Gasteiger charge is -2.25. The van der Waals surface area contributed by atoms with Crippen LogP contribution in [0.1, 0.15) is 37.8 Å². The summed E-state index contributed by atoms with van der Waals surface area (Å²) in [6.07, 6.45) is 2.84. The SMILES string of the molecule is CC(C)(CCCc1ccc(F)c(Oc2ccccc2)c1)c1ccc2c(c1)OCO2. The molecule has 0 saturated heterocycles. The zero-order chi connectivity index (χ0) is 20.3. The van der Waals surface area contributed by atoms with Crippen molar-refractivity contribution in [2.24, 2.45) is 0 Å². The second kappa shape index (κ2) is 8.16. The molecule has 0 aromatic heterocycles. The maximum Gasteiger partial charge on any atom is 0.231 e. The molecule has 0 amide bonds. The van der Waals surface area contributed by atoms with Crippen LogP contribution in [0.3, 0.4) is 0 Å². The van der Waals surface area contributed by atoms with Crippen molar-refractivity contribution in [1.29, 1.82) is 0 Å². The van der Waals surface area contributed by atoms with Crippen LogP contribution >= 0.6 is 0 Å². The monoisotopic (exact) mass is 392 g/mol. The Balaban J connectivity index is 1.39. The molecule has 3 aromatic rings. The molecule has 3 aromatic carbocycles. The van der Waals surface area contributed by atoms with Gasteiger partial charge < -0.3 is 14.2 Å². The van der Waals surface area contributed by atoms with Crippen LogP contribution in [0.15, 0.2) is 66.7 Å². The largest absolute Gasteiger partial charge is 0.454 e. The summed E-state index contributed by atoms with van der Waals surface area (Å²) >= 11 is 0. The molecule has 0 aliphatic carbocycles. The highest BCUT2D eigenvalue weighted by Gasteiger charge is 2.23. The zero-order valence-corrected chi connectivity index (χ0v) is 16.8. The van der Waals surface area contributed by atoms with E-state index in [9.17, 15) is 4.39 Å². The highest BCUT2D eigenvalue weighted by Crippen LogP contribution is 2.38. The van der Waals surface area contributed by atoms with Gasteiger partial charge in [-0.1, -0.05) is 44.2 Å². The highest BCUT2D eigenvalue weighted by atomic mass is 19.1. The fraction of sp³-hybridized carbons (Fsp3) is 0.280. The zero-order valence-electron chi connectivity index (χ0n) is 16.8. The minimum atomic E-state index is -0.349. The van der Waals surface area contributed by atoms with Gasteiger partial charge in [0.2, 0.25) is 6.79 Å². The van der Waals surface area contributed by atoms with Gasteiger partial charge in [0.15, 0.2) is 23.1 Å². The van der Waals surface area contributed by atoms with Gasteiger partial charge in [0.25, 0.3) is 0 Å². The fourth-order valence-electron chi connectivity index (χ4n) is 3.59. The number of halogens is 1. The standard InChI is InChI=1S/C25H25FO3/c1-25(2,19-11-13-22-24(16-19)28-17-27-22)14-6-7-18-10-12-21(26)23(15-18)29-20-8-4-3-5-9-20/h3-5,8-13,15-16H,6-7,14,17H2,1-2H3. The summed E-state index contributed by atoms with van der Waals surface area (Å²) in [6.45, 7) is 4.76. The number of hydrogen-bond acceptors (Lipinski definition) is 3.